The Morgan fingerprint density at radius 3 is 2.52 bits per heavy atom. The summed E-state index contributed by atoms with van der Waals surface area (Å²) in [6.45, 7) is 3.94. The maximum atomic E-state index is 13.0. The molecule has 2 atom stereocenters. The first-order valence-electron chi connectivity index (χ1n) is 11.2. The van der Waals surface area contributed by atoms with Gasteiger partial charge in [0.2, 0.25) is 5.95 Å². The Kier molecular flexibility index (Phi) is 6.46. The Balaban J connectivity index is 1.67. The highest BCUT2D eigenvalue weighted by Gasteiger charge is 2.26. The molecule has 3 heterocycles. The fourth-order valence-corrected chi connectivity index (χ4v) is 4.35. The zero-order valence-corrected chi connectivity index (χ0v) is 19.5. The highest BCUT2D eigenvalue weighted by molar-refractivity contribution is 5.74. The summed E-state index contributed by atoms with van der Waals surface area (Å²) < 4.78 is 15.1. The molecule has 1 aliphatic rings. The second kappa shape index (κ2) is 9.30. The lowest BCUT2D eigenvalue weighted by Gasteiger charge is -2.32. The van der Waals surface area contributed by atoms with Crippen molar-refractivity contribution in [1.29, 1.82) is 0 Å². The summed E-state index contributed by atoms with van der Waals surface area (Å²) in [4.78, 5) is 32.3. The van der Waals surface area contributed by atoms with E-state index in [9.17, 15) is 14.7 Å². The van der Waals surface area contributed by atoms with Crippen molar-refractivity contribution in [3.8, 4) is 11.5 Å². The van der Waals surface area contributed by atoms with Crippen molar-refractivity contribution in [1.82, 2.24) is 18.7 Å². The van der Waals surface area contributed by atoms with Crippen LogP contribution in [0.3, 0.4) is 0 Å². The number of imidazole rings is 1. The molecule has 2 aromatic heterocycles. The van der Waals surface area contributed by atoms with Crippen molar-refractivity contribution in [2.45, 2.75) is 32.4 Å². The number of aliphatic hydroxyl groups is 1. The number of nitrogens with zero attached hydrogens (tertiary/aromatic N) is 5. The van der Waals surface area contributed by atoms with Gasteiger partial charge in [0.1, 0.15) is 24.2 Å². The predicted molar refractivity (Wildman–Crippen MR) is 125 cm³/mol. The van der Waals surface area contributed by atoms with Crippen molar-refractivity contribution >= 4 is 17.1 Å². The van der Waals surface area contributed by atoms with Crippen molar-refractivity contribution in [3.05, 3.63) is 45.1 Å². The molecule has 1 aliphatic heterocycles. The molecule has 10 nitrogen and oxygen atoms in total. The van der Waals surface area contributed by atoms with E-state index in [0.717, 1.165) is 36.2 Å². The van der Waals surface area contributed by atoms with E-state index < -0.39 is 17.4 Å². The number of benzene rings is 1. The maximum Gasteiger partial charge on any atom is 0.332 e. The third-order valence-electron chi connectivity index (χ3n) is 6.16. The summed E-state index contributed by atoms with van der Waals surface area (Å²) >= 11 is 0. The molecule has 0 aliphatic carbocycles. The molecule has 1 saturated heterocycles. The van der Waals surface area contributed by atoms with Crippen LogP contribution < -0.4 is 25.6 Å². The predicted octanol–water partition coefficient (Wildman–Crippen LogP) is 1.12. The van der Waals surface area contributed by atoms with Gasteiger partial charge in [0.25, 0.3) is 5.56 Å². The average Bonchev–Trinajstić information content (AvgIpc) is 3.19. The first-order chi connectivity index (χ1) is 15.8. The molecule has 10 heteroatoms. The number of ether oxygens (including phenoxy) is 2. The molecule has 0 unspecified atom stereocenters. The van der Waals surface area contributed by atoms with Gasteiger partial charge >= 0.3 is 5.69 Å². The van der Waals surface area contributed by atoms with Crippen LogP contribution in [0.5, 0.6) is 11.5 Å². The van der Waals surface area contributed by atoms with Gasteiger partial charge in [-0.3, -0.25) is 13.9 Å². The van der Waals surface area contributed by atoms with Crippen molar-refractivity contribution in [2.75, 3.05) is 31.7 Å². The monoisotopic (exact) mass is 457 g/mol. The van der Waals surface area contributed by atoms with Gasteiger partial charge in [-0.25, -0.2) is 4.79 Å². The highest BCUT2D eigenvalue weighted by Crippen LogP contribution is 2.26. The second-order valence-corrected chi connectivity index (χ2v) is 8.73. The molecule has 4 rings (SSSR count). The molecule has 3 aromatic rings. The van der Waals surface area contributed by atoms with E-state index in [1.165, 1.54) is 11.6 Å². The van der Waals surface area contributed by atoms with Crippen LogP contribution in [0, 0.1) is 5.92 Å². The fourth-order valence-electron chi connectivity index (χ4n) is 4.35. The number of piperidine rings is 1. The number of hydrogen-bond donors (Lipinski definition) is 1. The Morgan fingerprint density at radius 2 is 1.85 bits per heavy atom. The van der Waals surface area contributed by atoms with Gasteiger partial charge in [-0.15, -0.1) is 0 Å². The topological polar surface area (TPSA) is 104 Å². The van der Waals surface area contributed by atoms with E-state index in [0.29, 0.717) is 28.8 Å². The minimum absolute atomic E-state index is 0.0356. The molecule has 0 bridgehead atoms. The number of methoxy groups -OCH3 is 1. The molecule has 1 aromatic carbocycles. The van der Waals surface area contributed by atoms with E-state index in [1.54, 1.807) is 43.0 Å². The summed E-state index contributed by atoms with van der Waals surface area (Å²) in [6, 6.07) is 7.10. The van der Waals surface area contributed by atoms with E-state index in [2.05, 4.69) is 11.8 Å². The van der Waals surface area contributed by atoms with Gasteiger partial charge in [0.05, 0.1) is 13.7 Å². The number of fused-ring (bicyclic) bond motifs is 1. The van der Waals surface area contributed by atoms with Crippen LogP contribution in [0.1, 0.15) is 19.8 Å². The van der Waals surface area contributed by atoms with Gasteiger partial charge in [0, 0.05) is 27.2 Å². The molecule has 0 saturated carbocycles. The standard InChI is InChI=1S/C23H31N5O5/c1-15-6-5-11-27(12-15)22-24-20-19(21(30)26(3)23(31)25(20)2)28(22)13-16(29)14-33-18-9-7-17(32-4)8-10-18/h7-10,15-16,29H,5-6,11-14H2,1-4H3/t15-,16-/m0/s1. The average molecular weight is 458 g/mol. The third-order valence-corrected chi connectivity index (χ3v) is 6.16. The molecule has 178 valence electrons. The normalized spacial score (nSPS) is 17.4. The maximum absolute atomic E-state index is 13.0. The minimum Gasteiger partial charge on any atom is -0.497 e. The van der Waals surface area contributed by atoms with Gasteiger partial charge in [-0.2, -0.15) is 4.98 Å². The summed E-state index contributed by atoms with van der Waals surface area (Å²) in [5.41, 5.74) is -0.241. The van der Waals surface area contributed by atoms with E-state index in [1.807, 2.05) is 0 Å². The lowest BCUT2D eigenvalue weighted by molar-refractivity contribution is 0.0935. The zero-order valence-electron chi connectivity index (χ0n) is 19.5. The fraction of sp³-hybridized carbons (Fsp3) is 0.522. The Hall–Kier alpha value is -3.27. The van der Waals surface area contributed by atoms with Crippen LogP contribution in [0.4, 0.5) is 5.95 Å². The van der Waals surface area contributed by atoms with E-state index in [-0.39, 0.29) is 13.2 Å². The smallest absolute Gasteiger partial charge is 0.332 e. The van der Waals surface area contributed by atoms with E-state index >= 15 is 0 Å². The van der Waals surface area contributed by atoms with Crippen LogP contribution in [0.25, 0.3) is 11.2 Å². The molecule has 0 radical (unpaired) electrons. The lowest BCUT2D eigenvalue weighted by atomic mass is 10.0. The molecular formula is C23H31N5O5. The van der Waals surface area contributed by atoms with Crippen LogP contribution >= 0.6 is 0 Å². The summed E-state index contributed by atoms with van der Waals surface area (Å²) in [7, 11) is 4.65. The van der Waals surface area contributed by atoms with Crippen molar-refractivity contribution in [3.63, 3.8) is 0 Å². The SMILES string of the molecule is COc1ccc(OC[C@@H](O)Cn2c(N3CCC[C@H](C)C3)nc3c2c(=O)n(C)c(=O)n3C)cc1. The first kappa shape index (κ1) is 22.9. The summed E-state index contributed by atoms with van der Waals surface area (Å²) in [5, 5.41) is 10.8. The number of rotatable bonds is 7. The Morgan fingerprint density at radius 1 is 1.15 bits per heavy atom. The molecular weight excluding hydrogens is 426 g/mol. The van der Waals surface area contributed by atoms with Gasteiger partial charge < -0.3 is 24.0 Å². The van der Waals surface area contributed by atoms with Crippen LogP contribution in [-0.2, 0) is 20.6 Å². The van der Waals surface area contributed by atoms with Crippen molar-refractivity contribution in [2.24, 2.45) is 20.0 Å². The summed E-state index contributed by atoms with van der Waals surface area (Å²) in [6.07, 6.45) is 1.26. The zero-order chi connectivity index (χ0) is 23.7. The Labute approximate surface area is 191 Å². The van der Waals surface area contributed by atoms with Gasteiger partial charge in [0.15, 0.2) is 11.2 Å². The Bertz CT molecular complexity index is 1240. The molecule has 33 heavy (non-hydrogen) atoms. The van der Waals surface area contributed by atoms with Gasteiger partial charge in [-0.1, -0.05) is 6.92 Å². The quantitative estimate of drug-likeness (QED) is 0.567. The number of hydrogen-bond acceptors (Lipinski definition) is 7. The van der Waals surface area contributed by atoms with Crippen LogP contribution in [0.2, 0.25) is 0 Å². The minimum atomic E-state index is -0.896. The number of aryl methyl sites for hydroxylation is 1. The highest BCUT2D eigenvalue weighted by atomic mass is 16.5. The van der Waals surface area contributed by atoms with Crippen molar-refractivity contribution < 1.29 is 14.6 Å². The molecule has 0 spiro atoms. The number of aliphatic hydroxyl groups excluding tert-OH is 1. The third kappa shape index (κ3) is 4.47. The largest absolute Gasteiger partial charge is 0.497 e. The molecule has 1 N–H and O–H groups in total. The molecule has 0 amide bonds. The molecule has 1 fully saturated rings. The van der Waals surface area contributed by atoms with Gasteiger partial charge in [-0.05, 0) is 43.0 Å². The number of anilines is 1. The summed E-state index contributed by atoms with van der Waals surface area (Å²) in [5.74, 6) is 2.41. The van der Waals surface area contributed by atoms with Crippen LogP contribution in [0.15, 0.2) is 33.9 Å². The number of aromatic nitrogens is 4. The lowest BCUT2D eigenvalue weighted by Crippen LogP contribution is -2.39. The second-order valence-electron chi connectivity index (χ2n) is 8.73. The van der Waals surface area contributed by atoms with E-state index in [4.69, 9.17) is 14.5 Å². The first-order valence-corrected chi connectivity index (χ1v) is 11.2. The van der Waals surface area contributed by atoms with Crippen LogP contribution in [-0.4, -0.2) is 56.7 Å².